The molecular formula is C24H34O3. The van der Waals surface area contributed by atoms with Crippen molar-refractivity contribution in [3.05, 3.63) is 23.8 Å². The summed E-state index contributed by atoms with van der Waals surface area (Å²) in [6.45, 7) is 9.58. The molecule has 5 rings (SSSR count). The fraction of sp³-hybridized carbons (Fsp3) is 0.792. The molecule has 0 bridgehead atoms. The molecular weight excluding hydrogens is 336 g/mol. The minimum atomic E-state index is -0.181. The van der Waals surface area contributed by atoms with Crippen molar-refractivity contribution >= 4 is 5.97 Å². The molecule has 1 heterocycles. The highest BCUT2D eigenvalue weighted by atomic mass is 16.5. The van der Waals surface area contributed by atoms with E-state index in [1.165, 1.54) is 32.1 Å². The van der Waals surface area contributed by atoms with Crippen LogP contribution in [-0.4, -0.2) is 23.8 Å². The molecule has 1 saturated heterocycles. The average Bonchev–Trinajstić information content (AvgIpc) is 3.15. The topological polar surface area (TPSA) is 46.5 Å². The summed E-state index contributed by atoms with van der Waals surface area (Å²) in [5, 5.41) is 10.2. The van der Waals surface area contributed by atoms with Crippen LogP contribution in [0.3, 0.4) is 0 Å². The number of fused-ring (bicyclic) bond motifs is 5. The molecule has 1 aliphatic heterocycles. The highest BCUT2D eigenvalue weighted by Crippen LogP contribution is 2.67. The molecule has 148 valence electrons. The van der Waals surface area contributed by atoms with Crippen LogP contribution in [0.25, 0.3) is 0 Å². The van der Waals surface area contributed by atoms with Gasteiger partial charge in [-0.1, -0.05) is 32.1 Å². The first-order valence-electron chi connectivity index (χ1n) is 11.1. The van der Waals surface area contributed by atoms with Gasteiger partial charge in [-0.3, -0.25) is 0 Å². The fourth-order valence-corrected chi connectivity index (χ4v) is 8.08. The normalized spacial score (nSPS) is 51.9. The van der Waals surface area contributed by atoms with Gasteiger partial charge in [-0.15, -0.1) is 0 Å². The highest BCUT2D eigenvalue weighted by Gasteiger charge is 2.59. The Morgan fingerprint density at radius 3 is 2.67 bits per heavy atom. The molecule has 0 aromatic rings. The van der Waals surface area contributed by atoms with Crippen molar-refractivity contribution < 1.29 is 14.6 Å². The van der Waals surface area contributed by atoms with Crippen molar-refractivity contribution in [2.24, 2.45) is 40.4 Å². The first-order valence-corrected chi connectivity index (χ1v) is 11.1. The number of allylic oxidation sites excluding steroid dienone is 2. The number of aliphatic hydroxyl groups excluding tert-OH is 1. The zero-order valence-corrected chi connectivity index (χ0v) is 16.9. The Kier molecular flexibility index (Phi) is 3.96. The Bertz CT molecular complexity index is 708. The summed E-state index contributed by atoms with van der Waals surface area (Å²) < 4.78 is 5.33. The molecule has 0 aromatic heterocycles. The van der Waals surface area contributed by atoms with Crippen LogP contribution in [-0.2, 0) is 9.53 Å². The van der Waals surface area contributed by atoms with Gasteiger partial charge in [-0.25, -0.2) is 4.79 Å². The van der Waals surface area contributed by atoms with Crippen molar-refractivity contribution in [2.75, 3.05) is 6.61 Å². The number of ether oxygens (including phenoxy) is 1. The Labute approximate surface area is 163 Å². The third-order valence-electron chi connectivity index (χ3n) is 9.70. The van der Waals surface area contributed by atoms with Gasteiger partial charge in [0.05, 0.1) is 12.7 Å². The number of hydrogen-bond acceptors (Lipinski definition) is 3. The summed E-state index contributed by atoms with van der Waals surface area (Å²) in [4.78, 5) is 11.9. The predicted octanol–water partition coefficient (Wildman–Crippen LogP) is 4.66. The quantitative estimate of drug-likeness (QED) is 0.415. The van der Waals surface area contributed by atoms with Gasteiger partial charge in [-0.05, 0) is 85.9 Å². The minimum absolute atomic E-state index is 0.0746. The molecule has 0 spiro atoms. The van der Waals surface area contributed by atoms with Gasteiger partial charge < -0.3 is 9.84 Å². The maximum Gasteiger partial charge on any atom is 0.333 e. The number of cyclic esters (lactones) is 1. The van der Waals surface area contributed by atoms with E-state index in [-0.39, 0.29) is 23.4 Å². The smallest absolute Gasteiger partial charge is 0.333 e. The first kappa shape index (κ1) is 18.0. The van der Waals surface area contributed by atoms with Crippen LogP contribution in [0.15, 0.2) is 23.8 Å². The molecule has 5 aliphatic rings. The van der Waals surface area contributed by atoms with Gasteiger partial charge in [0.2, 0.25) is 0 Å². The minimum Gasteiger partial charge on any atom is -0.462 e. The van der Waals surface area contributed by atoms with E-state index in [1.54, 1.807) is 5.57 Å². The molecule has 1 N–H and O–H groups in total. The standard InChI is InChI=1S/C24H34O3/c1-14-18(13-27-22(14)26)20-7-6-19-17-5-4-15-12-16(25)8-10-23(15,2)21(17)9-11-24(19,20)3/h6,15-18,20-21,25H,1,4-5,7-13H2,2-3H3/t15-,16+,17+,18-,20-,21+,23+,24+/m1/s1. The zero-order chi connectivity index (χ0) is 19.0. The lowest BCUT2D eigenvalue weighted by molar-refractivity contribution is -0.135. The summed E-state index contributed by atoms with van der Waals surface area (Å²) in [6, 6.07) is 0. The van der Waals surface area contributed by atoms with Crippen LogP contribution >= 0.6 is 0 Å². The van der Waals surface area contributed by atoms with E-state index in [4.69, 9.17) is 4.74 Å². The summed E-state index contributed by atoms with van der Waals surface area (Å²) in [5.41, 5.74) is 3.01. The average molecular weight is 371 g/mol. The third kappa shape index (κ3) is 2.39. The van der Waals surface area contributed by atoms with Crippen LogP contribution in [0, 0.1) is 40.4 Å². The zero-order valence-electron chi connectivity index (χ0n) is 16.9. The van der Waals surface area contributed by atoms with E-state index in [0.29, 0.717) is 35.3 Å². The van der Waals surface area contributed by atoms with E-state index >= 15 is 0 Å². The fourth-order valence-electron chi connectivity index (χ4n) is 8.08. The maximum absolute atomic E-state index is 11.9. The lowest BCUT2D eigenvalue weighted by Gasteiger charge is -2.59. The van der Waals surface area contributed by atoms with E-state index < -0.39 is 0 Å². The Balaban J connectivity index is 1.42. The molecule has 4 fully saturated rings. The number of esters is 1. The summed E-state index contributed by atoms with van der Waals surface area (Å²) >= 11 is 0. The lowest BCUT2D eigenvalue weighted by Crippen LogP contribution is -2.52. The molecule has 0 radical (unpaired) electrons. The van der Waals surface area contributed by atoms with Crippen LogP contribution < -0.4 is 0 Å². The van der Waals surface area contributed by atoms with Crippen molar-refractivity contribution in [3.63, 3.8) is 0 Å². The van der Waals surface area contributed by atoms with E-state index in [9.17, 15) is 9.90 Å². The third-order valence-corrected chi connectivity index (χ3v) is 9.70. The Morgan fingerprint density at radius 1 is 1.11 bits per heavy atom. The second-order valence-electron chi connectivity index (χ2n) is 10.6. The SMILES string of the molecule is C=C1C(=O)OC[C@H]1[C@H]1CC=C2[C@@H]3CC[C@@H]4C[C@@H](O)CC[C@]4(C)[C@H]3CC[C@@]21C. The van der Waals surface area contributed by atoms with Crippen molar-refractivity contribution in [3.8, 4) is 0 Å². The maximum atomic E-state index is 11.9. The van der Waals surface area contributed by atoms with Gasteiger partial charge in [0.25, 0.3) is 0 Å². The summed E-state index contributed by atoms with van der Waals surface area (Å²) in [6.07, 6.45) is 11.8. The summed E-state index contributed by atoms with van der Waals surface area (Å²) in [7, 11) is 0. The lowest BCUT2D eigenvalue weighted by atomic mass is 9.45. The highest BCUT2D eigenvalue weighted by molar-refractivity contribution is 5.90. The second kappa shape index (κ2) is 5.95. The molecule has 27 heavy (non-hydrogen) atoms. The van der Waals surface area contributed by atoms with Crippen LogP contribution in [0.5, 0.6) is 0 Å². The van der Waals surface area contributed by atoms with Gasteiger partial charge in [-0.2, -0.15) is 0 Å². The molecule has 4 aliphatic carbocycles. The van der Waals surface area contributed by atoms with Crippen molar-refractivity contribution in [1.82, 2.24) is 0 Å². The summed E-state index contributed by atoms with van der Waals surface area (Å²) in [5.74, 6) is 2.67. The number of carbonyl (C=O) groups excluding carboxylic acids is 1. The van der Waals surface area contributed by atoms with E-state index in [2.05, 4.69) is 26.5 Å². The van der Waals surface area contributed by atoms with Gasteiger partial charge in [0, 0.05) is 11.5 Å². The van der Waals surface area contributed by atoms with E-state index in [1.807, 2.05) is 0 Å². The molecule has 0 unspecified atom stereocenters. The van der Waals surface area contributed by atoms with Crippen molar-refractivity contribution in [1.29, 1.82) is 0 Å². The van der Waals surface area contributed by atoms with Gasteiger partial charge in [0.1, 0.15) is 0 Å². The second-order valence-corrected chi connectivity index (χ2v) is 10.6. The van der Waals surface area contributed by atoms with Gasteiger partial charge in [0.15, 0.2) is 0 Å². The number of aliphatic hydroxyl groups is 1. The monoisotopic (exact) mass is 370 g/mol. The first-order chi connectivity index (χ1) is 12.8. The molecule has 8 atom stereocenters. The van der Waals surface area contributed by atoms with Crippen LogP contribution in [0.1, 0.15) is 65.2 Å². The van der Waals surface area contributed by atoms with Crippen LogP contribution in [0.2, 0.25) is 0 Å². The molecule has 3 saturated carbocycles. The largest absolute Gasteiger partial charge is 0.462 e. The molecule has 0 amide bonds. The Morgan fingerprint density at radius 2 is 1.93 bits per heavy atom. The van der Waals surface area contributed by atoms with Crippen molar-refractivity contribution in [2.45, 2.75) is 71.3 Å². The predicted molar refractivity (Wildman–Crippen MR) is 105 cm³/mol. The molecule has 0 aromatic carbocycles. The van der Waals surface area contributed by atoms with Crippen LogP contribution in [0.4, 0.5) is 0 Å². The number of hydrogen-bond donors (Lipinski definition) is 1. The number of rotatable bonds is 1. The van der Waals surface area contributed by atoms with E-state index in [0.717, 1.165) is 25.2 Å². The molecule has 3 heteroatoms. The molecule has 3 nitrogen and oxygen atoms in total. The Hall–Kier alpha value is -1.09. The number of carbonyl (C=O) groups is 1. The van der Waals surface area contributed by atoms with Gasteiger partial charge >= 0.3 is 5.97 Å².